The molecule has 0 saturated carbocycles. The standard InChI is InChI=1S/2C8H10O2S.C4H10O2S.C2H4O/c2*1-7-3-5-8(6-4-7)11(2,9)10;1-3-4-7(2,5)6;1-2-3/h2*3-6H,1-2H3;3-4H2,1-2H3;2H,1H3/i;;;2D. The van der Waals surface area contributed by atoms with E-state index in [2.05, 4.69) is 0 Å². The van der Waals surface area contributed by atoms with E-state index in [0.29, 0.717) is 15.5 Å². The maximum Gasteiger partial charge on any atom is 0.175 e. The van der Waals surface area contributed by atoms with E-state index in [9.17, 15) is 25.3 Å². The van der Waals surface area contributed by atoms with Crippen LogP contribution in [0.15, 0.2) is 58.3 Å². The third kappa shape index (κ3) is 17.6. The summed E-state index contributed by atoms with van der Waals surface area (Å²) in [7, 11) is -8.71. The van der Waals surface area contributed by atoms with Gasteiger partial charge in [-0.15, -0.1) is 0 Å². The first-order valence-electron chi connectivity index (χ1n) is 9.98. The van der Waals surface area contributed by atoms with Crippen LogP contribution in [0.5, 0.6) is 0 Å². The van der Waals surface area contributed by atoms with Gasteiger partial charge in [-0.05, 0) is 51.5 Å². The van der Waals surface area contributed by atoms with Crippen molar-refractivity contribution in [1.29, 1.82) is 0 Å². The molecule has 0 unspecified atom stereocenters. The normalized spacial score (nSPS) is 11.3. The fraction of sp³-hybridized carbons (Fsp3) is 0.409. The van der Waals surface area contributed by atoms with Crippen LogP contribution in [0.2, 0.25) is 0 Å². The van der Waals surface area contributed by atoms with Crippen molar-refractivity contribution in [2.45, 2.75) is 43.9 Å². The van der Waals surface area contributed by atoms with Crippen LogP contribution in [-0.2, 0) is 34.3 Å². The van der Waals surface area contributed by atoms with E-state index in [0.717, 1.165) is 17.5 Å². The number of aryl methyl sites for hydroxylation is 2. The van der Waals surface area contributed by atoms with Gasteiger partial charge in [0.15, 0.2) is 19.7 Å². The van der Waals surface area contributed by atoms with Gasteiger partial charge in [0.1, 0.15) is 17.5 Å². The van der Waals surface area contributed by atoms with Crippen molar-refractivity contribution in [3.8, 4) is 0 Å². The van der Waals surface area contributed by atoms with Gasteiger partial charge >= 0.3 is 0 Å². The topological polar surface area (TPSA) is 119 Å². The Hall–Kier alpha value is -2.04. The lowest BCUT2D eigenvalue weighted by Gasteiger charge is -1.96. The number of benzene rings is 2. The fourth-order valence-corrected chi connectivity index (χ4v) is 3.94. The number of carbonyl (C=O) groups is 1. The summed E-state index contributed by atoms with van der Waals surface area (Å²) < 4.78 is 70.2. The van der Waals surface area contributed by atoms with Crippen molar-refractivity contribution < 1.29 is 31.4 Å². The summed E-state index contributed by atoms with van der Waals surface area (Å²) in [4.78, 5) is 9.87. The Morgan fingerprint density at radius 1 is 0.719 bits per heavy atom. The minimum Gasteiger partial charge on any atom is -0.304 e. The smallest absolute Gasteiger partial charge is 0.175 e. The molecule has 0 amide bonds. The minimum atomic E-state index is -3.02. The van der Waals surface area contributed by atoms with Crippen LogP contribution in [0.3, 0.4) is 0 Å². The zero-order valence-electron chi connectivity index (χ0n) is 20.6. The minimum absolute atomic E-state index is 0.312. The van der Waals surface area contributed by atoms with Gasteiger partial charge in [0.25, 0.3) is 0 Å². The molecule has 0 aromatic heterocycles. The van der Waals surface area contributed by atoms with Gasteiger partial charge in [0, 0.05) is 24.5 Å². The van der Waals surface area contributed by atoms with Crippen molar-refractivity contribution in [2.75, 3.05) is 24.5 Å². The first-order chi connectivity index (χ1) is 14.8. The van der Waals surface area contributed by atoms with E-state index in [1.165, 1.54) is 25.7 Å². The summed E-state index contributed by atoms with van der Waals surface area (Å²) in [5, 5.41) is 0. The molecule has 0 spiro atoms. The Bertz CT molecular complexity index is 1090. The van der Waals surface area contributed by atoms with E-state index in [1.54, 1.807) is 48.5 Å². The predicted octanol–water partition coefficient (Wildman–Crippen LogP) is 3.44. The van der Waals surface area contributed by atoms with Crippen molar-refractivity contribution in [3.63, 3.8) is 0 Å². The average molecular weight is 508 g/mol. The maximum atomic E-state index is 10.9. The Labute approximate surface area is 195 Å². The van der Waals surface area contributed by atoms with E-state index in [4.69, 9.17) is 6.17 Å². The Morgan fingerprint density at radius 3 is 1.09 bits per heavy atom. The molecule has 2 rings (SSSR count). The van der Waals surface area contributed by atoms with Crippen LogP contribution >= 0.6 is 0 Å². The van der Waals surface area contributed by atoms with Gasteiger partial charge in [-0.2, -0.15) is 0 Å². The molecular formula is C22H34O7S3. The van der Waals surface area contributed by atoms with E-state index >= 15 is 0 Å². The van der Waals surface area contributed by atoms with Gasteiger partial charge in [-0.1, -0.05) is 42.3 Å². The summed E-state index contributed by atoms with van der Waals surface area (Å²) in [5.74, 6) is 0.312. The molecule has 10 heteroatoms. The van der Waals surface area contributed by atoms with Gasteiger partial charge in [-0.3, -0.25) is 0 Å². The number of hydrogen-bond acceptors (Lipinski definition) is 7. The molecule has 0 heterocycles. The van der Waals surface area contributed by atoms with Crippen LogP contribution in [0.25, 0.3) is 0 Å². The highest BCUT2D eigenvalue weighted by Crippen LogP contribution is 2.09. The lowest BCUT2D eigenvalue weighted by atomic mass is 10.2. The number of sulfone groups is 3. The molecule has 0 aliphatic rings. The molecule has 0 fully saturated rings. The molecule has 0 aliphatic heterocycles. The van der Waals surface area contributed by atoms with Crippen molar-refractivity contribution in [3.05, 3.63) is 59.7 Å². The monoisotopic (exact) mass is 507 g/mol. The van der Waals surface area contributed by atoms with E-state index in [-0.39, 0.29) is 0 Å². The fourth-order valence-electron chi connectivity index (χ4n) is 1.94. The number of hydrogen-bond donors (Lipinski definition) is 0. The molecule has 32 heavy (non-hydrogen) atoms. The van der Waals surface area contributed by atoms with Crippen molar-refractivity contribution in [1.82, 2.24) is 0 Å². The molecule has 0 aliphatic carbocycles. The second kappa shape index (κ2) is 14.9. The zero-order valence-corrected chi connectivity index (χ0v) is 22.1. The first-order valence-corrected chi connectivity index (χ1v) is 15.3. The second-order valence-corrected chi connectivity index (χ2v) is 13.3. The average Bonchev–Trinajstić information content (AvgIpc) is 2.60. The van der Waals surface area contributed by atoms with Gasteiger partial charge in [-0.25, -0.2) is 25.3 Å². The molecule has 2 aromatic rings. The Morgan fingerprint density at radius 2 is 0.969 bits per heavy atom. The third-order valence-corrected chi connectivity index (χ3v) is 6.88. The summed E-state index contributed by atoms with van der Waals surface area (Å²) in [6.07, 6.45) is 3.80. The van der Waals surface area contributed by atoms with E-state index in [1.807, 2.05) is 20.8 Å². The lowest BCUT2D eigenvalue weighted by Crippen LogP contribution is -2.00. The maximum absolute atomic E-state index is 10.9. The zero-order chi connectivity index (χ0) is 26.5. The summed E-state index contributed by atoms with van der Waals surface area (Å²) in [6.45, 7) is 6.89. The van der Waals surface area contributed by atoms with Crippen LogP contribution in [0, 0.1) is 13.8 Å². The Kier molecular flexibility index (Phi) is 14.0. The summed E-state index contributed by atoms with van der Waals surface area (Å²) in [5.41, 5.74) is 2.13. The van der Waals surface area contributed by atoms with Gasteiger partial charge in [0.05, 0.1) is 9.79 Å². The third-order valence-electron chi connectivity index (χ3n) is 3.47. The largest absolute Gasteiger partial charge is 0.304 e. The molecule has 0 bridgehead atoms. The highest BCUT2D eigenvalue weighted by atomic mass is 32.2. The quantitative estimate of drug-likeness (QED) is 0.581. The molecule has 182 valence electrons. The molecule has 2 aromatic carbocycles. The lowest BCUT2D eigenvalue weighted by molar-refractivity contribution is -0.106. The first kappa shape index (κ1) is 30.0. The van der Waals surface area contributed by atoms with Gasteiger partial charge in [0.2, 0.25) is 0 Å². The summed E-state index contributed by atoms with van der Waals surface area (Å²) >= 11 is 0. The highest BCUT2D eigenvalue weighted by Gasteiger charge is 2.05. The molecule has 0 N–H and O–H groups in total. The molecule has 0 radical (unpaired) electrons. The van der Waals surface area contributed by atoms with E-state index < -0.39 is 35.8 Å². The number of rotatable bonds is 4. The van der Waals surface area contributed by atoms with Crippen molar-refractivity contribution >= 4 is 35.8 Å². The Balaban J connectivity index is 0. The molecule has 7 nitrogen and oxygen atoms in total. The van der Waals surface area contributed by atoms with Crippen LogP contribution in [0.1, 0.15) is 32.8 Å². The van der Waals surface area contributed by atoms with Crippen LogP contribution in [-0.4, -0.2) is 56.0 Å². The molecule has 0 saturated heterocycles. The number of aldehydes is 1. The van der Waals surface area contributed by atoms with Crippen molar-refractivity contribution in [2.24, 2.45) is 0 Å². The molecular weight excluding hydrogens is 472 g/mol. The van der Waals surface area contributed by atoms with Crippen LogP contribution in [0.4, 0.5) is 0 Å². The molecule has 0 atom stereocenters. The van der Waals surface area contributed by atoms with Gasteiger partial charge < -0.3 is 4.79 Å². The predicted molar refractivity (Wildman–Crippen MR) is 130 cm³/mol. The SMILES string of the molecule is CCCS(C)(=O)=O.Cc1ccc(S(C)(=O)=O)cc1.Cc1ccc(S(C)(=O)=O)cc1.[2H]C(C)=O. The second-order valence-electron chi connectivity index (χ2n) is 7.00. The highest BCUT2D eigenvalue weighted by molar-refractivity contribution is 7.91. The van der Waals surface area contributed by atoms with Crippen LogP contribution < -0.4 is 0 Å². The number of carbonyl (C=O) groups excluding carboxylic acids is 1. The summed E-state index contributed by atoms with van der Waals surface area (Å²) in [6, 6.07) is 13.6.